The van der Waals surface area contributed by atoms with Crippen molar-refractivity contribution in [3.05, 3.63) is 70.8 Å². The third kappa shape index (κ3) is 8.52. The number of hydrogen-bond acceptors (Lipinski definition) is 9. The predicted octanol–water partition coefficient (Wildman–Crippen LogP) is 2.21. The third-order valence-electron chi connectivity index (χ3n) is 6.39. The van der Waals surface area contributed by atoms with Crippen molar-refractivity contribution in [2.24, 2.45) is 0 Å². The molecule has 1 fully saturated rings. The van der Waals surface area contributed by atoms with E-state index in [9.17, 15) is 9.59 Å². The lowest BCUT2D eigenvalue weighted by molar-refractivity contribution is -0.123. The molecule has 6 N–H and O–H groups in total. The molecule has 0 spiro atoms. The van der Waals surface area contributed by atoms with Crippen LogP contribution < -0.4 is 26.8 Å². The Hall–Kier alpha value is -3.96. The van der Waals surface area contributed by atoms with E-state index in [4.69, 9.17) is 27.8 Å². The molecule has 0 aliphatic carbocycles. The number of piperidine rings is 1. The molecule has 1 saturated heterocycles. The van der Waals surface area contributed by atoms with E-state index < -0.39 is 5.91 Å². The number of carbonyl (C=O) groups is 2. The molecule has 3 aromatic rings. The maximum atomic E-state index is 12.7. The number of carbonyl (C=O) groups excluding carboxylic acids is 2. The van der Waals surface area contributed by atoms with E-state index in [0.717, 1.165) is 51.0 Å². The molecular weight excluding hydrogens is 520 g/mol. The fourth-order valence-corrected chi connectivity index (χ4v) is 4.52. The molecule has 1 atom stereocenters. The van der Waals surface area contributed by atoms with Crippen molar-refractivity contribution in [3.63, 3.8) is 0 Å². The SMILES string of the molecule is Nc1nc(N)c(C(=O)N[C@H]2CCCN(CCCc3ccc(OCC(=O)NCc4ccccn4)cc3)C2)nc1Cl. The van der Waals surface area contributed by atoms with Crippen LogP contribution in [0.3, 0.4) is 0 Å². The lowest BCUT2D eigenvalue weighted by Gasteiger charge is -2.33. The number of hydrogen-bond donors (Lipinski definition) is 4. The Labute approximate surface area is 232 Å². The highest BCUT2D eigenvalue weighted by molar-refractivity contribution is 6.31. The first-order chi connectivity index (χ1) is 18.9. The molecule has 2 amide bonds. The van der Waals surface area contributed by atoms with Crippen molar-refractivity contribution in [2.45, 2.75) is 38.3 Å². The molecule has 12 heteroatoms. The topological polar surface area (TPSA) is 161 Å². The van der Waals surface area contributed by atoms with E-state index >= 15 is 0 Å². The van der Waals surface area contributed by atoms with Gasteiger partial charge in [-0.1, -0.05) is 29.8 Å². The van der Waals surface area contributed by atoms with Crippen molar-refractivity contribution < 1.29 is 14.3 Å². The highest BCUT2D eigenvalue weighted by Gasteiger charge is 2.24. The molecule has 0 unspecified atom stereocenters. The number of amides is 2. The van der Waals surface area contributed by atoms with Gasteiger partial charge in [0.05, 0.1) is 12.2 Å². The Balaban J connectivity index is 1.15. The Morgan fingerprint density at radius 1 is 1.10 bits per heavy atom. The second-order valence-electron chi connectivity index (χ2n) is 9.38. The molecule has 11 nitrogen and oxygen atoms in total. The summed E-state index contributed by atoms with van der Waals surface area (Å²) in [5.74, 6) is 0.00389. The molecule has 4 rings (SSSR count). The van der Waals surface area contributed by atoms with Crippen molar-refractivity contribution in [1.29, 1.82) is 0 Å². The monoisotopic (exact) mass is 552 g/mol. The fraction of sp³-hybridized carbons (Fsp3) is 0.370. The zero-order chi connectivity index (χ0) is 27.6. The highest BCUT2D eigenvalue weighted by Crippen LogP contribution is 2.19. The minimum atomic E-state index is -0.401. The van der Waals surface area contributed by atoms with E-state index in [1.54, 1.807) is 6.20 Å². The number of aryl methyl sites for hydroxylation is 1. The van der Waals surface area contributed by atoms with Crippen LogP contribution in [0.15, 0.2) is 48.7 Å². The average molecular weight is 553 g/mol. The summed E-state index contributed by atoms with van der Waals surface area (Å²) in [6.07, 6.45) is 5.44. The van der Waals surface area contributed by atoms with E-state index in [0.29, 0.717) is 12.3 Å². The van der Waals surface area contributed by atoms with Gasteiger partial charge in [0, 0.05) is 18.8 Å². The molecule has 39 heavy (non-hydrogen) atoms. The molecule has 3 heterocycles. The molecule has 1 aliphatic heterocycles. The second kappa shape index (κ2) is 13.7. The third-order valence-corrected chi connectivity index (χ3v) is 6.66. The van der Waals surface area contributed by atoms with Crippen LogP contribution in [0.4, 0.5) is 11.6 Å². The lowest BCUT2D eigenvalue weighted by atomic mass is 10.0. The number of ether oxygens (including phenoxy) is 1. The lowest BCUT2D eigenvalue weighted by Crippen LogP contribution is -2.48. The average Bonchev–Trinajstić information content (AvgIpc) is 2.94. The number of rotatable bonds is 11. The van der Waals surface area contributed by atoms with E-state index in [2.05, 4.69) is 30.5 Å². The summed E-state index contributed by atoms with van der Waals surface area (Å²) in [6.45, 7) is 2.96. The van der Waals surface area contributed by atoms with Crippen molar-refractivity contribution in [1.82, 2.24) is 30.5 Å². The van der Waals surface area contributed by atoms with Crippen LogP contribution in [0, 0.1) is 0 Å². The number of nitrogen functional groups attached to an aromatic ring is 2. The van der Waals surface area contributed by atoms with Gasteiger partial charge in [-0.15, -0.1) is 0 Å². The molecule has 0 bridgehead atoms. The summed E-state index contributed by atoms with van der Waals surface area (Å²) in [5, 5.41) is 5.75. The zero-order valence-electron chi connectivity index (χ0n) is 21.6. The van der Waals surface area contributed by atoms with Gasteiger partial charge < -0.3 is 31.7 Å². The van der Waals surface area contributed by atoms with Crippen molar-refractivity contribution in [3.8, 4) is 5.75 Å². The second-order valence-corrected chi connectivity index (χ2v) is 9.74. The molecule has 206 valence electrons. The Bertz CT molecular complexity index is 1260. The number of nitrogens with zero attached hydrogens (tertiary/aromatic N) is 4. The maximum Gasteiger partial charge on any atom is 0.274 e. The zero-order valence-corrected chi connectivity index (χ0v) is 22.4. The highest BCUT2D eigenvalue weighted by atomic mass is 35.5. The van der Waals surface area contributed by atoms with Gasteiger partial charge in [-0.3, -0.25) is 14.6 Å². The van der Waals surface area contributed by atoms with Gasteiger partial charge in [0.25, 0.3) is 11.8 Å². The molecule has 0 saturated carbocycles. The van der Waals surface area contributed by atoms with Crippen molar-refractivity contribution >= 4 is 35.1 Å². The van der Waals surface area contributed by atoms with Crippen LogP contribution in [0.1, 0.15) is 41.0 Å². The van der Waals surface area contributed by atoms with Gasteiger partial charge in [0.2, 0.25) is 0 Å². The Morgan fingerprint density at radius 2 is 1.92 bits per heavy atom. The number of halogens is 1. The summed E-state index contributed by atoms with van der Waals surface area (Å²) in [5.41, 5.74) is 13.4. The van der Waals surface area contributed by atoms with E-state index in [1.807, 2.05) is 42.5 Å². The van der Waals surface area contributed by atoms with Crippen molar-refractivity contribution in [2.75, 3.05) is 37.7 Å². The van der Waals surface area contributed by atoms with Gasteiger partial charge >= 0.3 is 0 Å². The molecule has 2 aromatic heterocycles. The first kappa shape index (κ1) is 28.1. The van der Waals surface area contributed by atoms with Gasteiger partial charge in [0.1, 0.15) is 5.75 Å². The quantitative estimate of drug-likeness (QED) is 0.279. The number of pyridine rings is 1. The number of likely N-dealkylation sites (tertiary alicyclic amines) is 1. The summed E-state index contributed by atoms with van der Waals surface area (Å²) < 4.78 is 5.60. The van der Waals surface area contributed by atoms with Gasteiger partial charge in [-0.25, -0.2) is 9.97 Å². The van der Waals surface area contributed by atoms with E-state index in [-0.39, 0.29) is 41.0 Å². The summed E-state index contributed by atoms with van der Waals surface area (Å²) in [6, 6.07) is 13.3. The predicted molar refractivity (Wildman–Crippen MR) is 149 cm³/mol. The Kier molecular flexibility index (Phi) is 9.87. The first-order valence-corrected chi connectivity index (χ1v) is 13.2. The minimum Gasteiger partial charge on any atom is -0.484 e. The molecule has 1 aromatic carbocycles. The van der Waals surface area contributed by atoms with Crippen LogP contribution in [0.25, 0.3) is 0 Å². The standard InChI is InChI=1S/C27H33ClN8O3/c28-24-26(30)35-25(29)23(34-24)27(38)33-20-7-4-14-36(16-20)13-3-5-18-8-10-21(11-9-18)39-17-22(37)32-15-19-6-1-2-12-31-19/h1-2,6,8-12,20H,3-5,7,13-17H2,(H,32,37)(H,33,38)(H4,29,30,35)/t20-/m0/s1. The van der Waals surface area contributed by atoms with Crippen LogP contribution in [-0.2, 0) is 17.8 Å². The largest absolute Gasteiger partial charge is 0.484 e. The summed E-state index contributed by atoms with van der Waals surface area (Å²) >= 11 is 5.90. The van der Waals surface area contributed by atoms with Crippen LogP contribution in [-0.4, -0.2) is 63.9 Å². The van der Waals surface area contributed by atoms with Gasteiger partial charge in [-0.05, 0) is 68.6 Å². The Morgan fingerprint density at radius 3 is 2.69 bits per heavy atom. The molecule has 0 radical (unpaired) electrons. The summed E-state index contributed by atoms with van der Waals surface area (Å²) in [4.78, 5) is 39.1. The minimum absolute atomic E-state index is 0.00313. The van der Waals surface area contributed by atoms with E-state index in [1.165, 1.54) is 5.56 Å². The van der Waals surface area contributed by atoms with Crippen LogP contribution >= 0.6 is 11.6 Å². The number of nitrogens with one attached hydrogen (secondary N) is 2. The first-order valence-electron chi connectivity index (χ1n) is 12.9. The smallest absolute Gasteiger partial charge is 0.274 e. The van der Waals surface area contributed by atoms with Gasteiger partial charge in [-0.2, -0.15) is 0 Å². The maximum absolute atomic E-state index is 12.7. The van der Waals surface area contributed by atoms with Crippen LogP contribution in [0.5, 0.6) is 5.75 Å². The summed E-state index contributed by atoms with van der Waals surface area (Å²) in [7, 11) is 0. The van der Waals surface area contributed by atoms with Crippen LogP contribution in [0.2, 0.25) is 5.15 Å². The number of anilines is 2. The fourth-order valence-electron chi connectivity index (χ4n) is 4.39. The number of benzene rings is 1. The number of aromatic nitrogens is 3. The number of nitrogens with two attached hydrogens (primary N) is 2. The normalized spacial score (nSPS) is 15.5. The molecular formula is C27H33ClN8O3. The van der Waals surface area contributed by atoms with Gasteiger partial charge in [0.15, 0.2) is 29.1 Å². The molecule has 1 aliphatic rings.